The van der Waals surface area contributed by atoms with Crippen molar-refractivity contribution in [2.24, 2.45) is 5.41 Å². The molecule has 2 heterocycles. The Labute approximate surface area is 96.9 Å². The first-order valence-corrected chi connectivity index (χ1v) is 5.72. The van der Waals surface area contributed by atoms with Gasteiger partial charge in [0, 0.05) is 24.1 Å². The van der Waals surface area contributed by atoms with Gasteiger partial charge < -0.3 is 9.84 Å². The van der Waals surface area contributed by atoms with E-state index in [9.17, 15) is 14.7 Å². The molecule has 6 nitrogen and oxygen atoms in total. The zero-order chi connectivity index (χ0) is 12.0. The Morgan fingerprint density at radius 3 is 2.82 bits per heavy atom. The Kier molecular flexibility index (Phi) is 2.24. The van der Waals surface area contributed by atoms with Crippen LogP contribution in [0.5, 0.6) is 0 Å². The topological polar surface area (TPSA) is 84.3 Å². The van der Waals surface area contributed by atoms with E-state index in [0.29, 0.717) is 0 Å². The molecule has 17 heavy (non-hydrogen) atoms. The fraction of sp³-hybridized carbons (Fsp3) is 0.636. The molecular weight excluding hydrogens is 224 g/mol. The summed E-state index contributed by atoms with van der Waals surface area (Å²) in [5.41, 5.74) is -0.824. The lowest BCUT2D eigenvalue weighted by Gasteiger charge is -2.14. The van der Waals surface area contributed by atoms with Crippen LogP contribution in [0.4, 0.5) is 0 Å². The largest absolute Gasteiger partial charge is 0.394 e. The van der Waals surface area contributed by atoms with E-state index in [2.05, 4.69) is 4.98 Å². The van der Waals surface area contributed by atoms with Gasteiger partial charge in [0.2, 0.25) is 0 Å². The molecule has 92 valence electrons. The first-order chi connectivity index (χ1) is 8.14. The maximum absolute atomic E-state index is 11.6. The van der Waals surface area contributed by atoms with Crippen LogP contribution in [0, 0.1) is 5.41 Å². The molecule has 1 aromatic rings. The van der Waals surface area contributed by atoms with Crippen molar-refractivity contribution >= 4 is 0 Å². The second kappa shape index (κ2) is 3.54. The summed E-state index contributed by atoms with van der Waals surface area (Å²) in [7, 11) is 0. The van der Waals surface area contributed by atoms with Crippen LogP contribution < -0.4 is 11.2 Å². The smallest absolute Gasteiger partial charge is 0.330 e. The summed E-state index contributed by atoms with van der Waals surface area (Å²) in [6.45, 7) is -0.0192. The predicted octanol–water partition coefficient (Wildman–Crippen LogP) is -0.403. The normalized spacial score (nSPS) is 29.7. The quantitative estimate of drug-likeness (QED) is 0.734. The van der Waals surface area contributed by atoms with Crippen molar-refractivity contribution in [2.75, 3.05) is 6.61 Å². The zero-order valence-corrected chi connectivity index (χ0v) is 9.26. The van der Waals surface area contributed by atoms with Crippen LogP contribution in [0.1, 0.15) is 25.5 Å². The number of rotatable bonds is 2. The number of H-pyrrole nitrogens is 1. The molecule has 0 aromatic carbocycles. The highest BCUT2D eigenvalue weighted by atomic mass is 16.5. The van der Waals surface area contributed by atoms with Gasteiger partial charge in [0.25, 0.3) is 5.56 Å². The lowest BCUT2D eigenvalue weighted by Crippen LogP contribution is -2.31. The summed E-state index contributed by atoms with van der Waals surface area (Å²) in [4.78, 5) is 24.8. The molecule has 1 aliphatic heterocycles. The first-order valence-electron chi connectivity index (χ1n) is 5.72. The molecular formula is C11H14N2O4. The van der Waals surface area contributed by atoms with Crippen LogP contribution in [0.15, 0.2) is 21.9 Å². The van der Waals surface area contributed by atoms with Crippen molar-refractivity contribution in [3.05, 3.63) is 33.1 Å². The maximum Gasteiger partial charge on any atom is 0.330 e. The van der Waals surface area contributed by atoms with E-state index in [1.165, 1.54) is 16.8 Å². The first kappa shape index (κ1) is 10.7. The number of aliphatic hydroxyl groups is 1. The summed E-state index contributed by atoms with van der Waals surface area (Å²) in [5, 5.41) is 9.25. The summed E-state index contributed by atoms with van der Waals surface area (Å²) in [5.74, 6) is 0. The molecule has 1 saturated heterocycles. The molecule has 6 heteroatoms. The molecule has 2 fully saturated rings. The third kappa shape index (κ3) is 1.64. The minimum atomic E-state index is -0.461. The summed E-state index contributed by atoms with van der Waals surface area (Å²) in [6, 6.07) is 1.30. The van der Waals surface area contributed by atoms with Gasteiger partial charge in [-0.1, -0.05) is 0 Å². The molecule has 0 bridgehead atoms. The van der Waals surface area contributed by atoms with Gasteiger partial charge >= 0.3 is 5.69 Å². The van der Waals surface area contributed by atoms with Crippen molar-refractivity contribution in [1.82, 2.24) is 9.55 Å². The average molecular weight is 238 g/mol. The predicted molar refractivity (Wildman–Crippen MR) is 58.6 cm³/mol. The number of hydrogen-bond donors (Lipinski definition) is 2. The van der Waals surface area contributed by atoms with Crippen LogP contribution in [-0.4, -0.2) is 27.4 Å². The van der Waals surface area contributed by atoms with E-state index in [-0.39, 0.29) is 24.4 Å². The molecule has 1 saturated carbocycles. The lowest BCUT2D eigenvalue weighted by atomic mass is 9.98. The Hall–Kier alpha value is -1.40. The molecule has 0 radical (unpaired) electrons. The monoisotopic (exact) mass is 238 g/mol. The lowest BCUT2D eigenvalue weighted by molar-refractivity contribution is -0.0352. The number of hydrogen-bond acceptors (Lipinski definition) is 4. The van der Waals surface area contributed by atoms with Crippen LogP contribution in [0.2, 0.25) is 0 Å². The fourth-order valence-corrected chi connectivity index (χ4v) is 2.60. The molecule has 1 aromatic heterocycles. The second-order valence-electron chi connectivity index (χ2n) is 4.85. The molecule has 3 rings (SSSR count). The zero-order valence-electron chi connectivity index (χ0n) is 9.26. The summed E-state index contributed by atoms with van der Waals surface area (Å²) >= 11 is 0. The van der Waals surface area contributed by atoms with Gasteiger partial charge in [-0.25, -0.2) is 4.79 Å². The average Bonchev–Trinajstić information content (AvgIpc) is 2.94. The minimum absolute atomic E-state index is 0.0192. The third-order valence-electron chi connectivity index (χ3n) is 3.80. The summed E-state index contributed by atoms with van der Waals surface area (Å²) in [6.07, 6.45) is 3.68. The van der Waals surface area contributed by atoms with Crippen molar-refractivity contribution < 1.29 is 9.84 Å². The van der Waals surface area contributed by atoms with Gasteiger partial charge in [-0.05, 0) is 12.8 Å². The Morgan fingerprint density at radius 1 is 1.53 bits per heavy atom. The van der Waals surface area contributed by atoms with E-state index in [4.69, 9.17) is 4.74 Å². The number of aromatic amines is 1. The summed E-state index contributed by atoms with van der Waals surface area (Å²) < 4.78 is 7.07. The molecule has 2 atom stereocenters. The minimum Gasteiger partial charge on any atom is -0.394 e. The van der Waals surface area contributed by atoms with Gasteiger partial charge in [-0.2, -0.15) is 0 Å². The van der Waals surface area contributed by atoms with E-state index in [0.717, 1.165) is 19.3 Å². The molecule has 0 unspecified atom stereocenters. The fourth-order valence-electron chi connectivity index (χ4n) is 2.60. The highest BCUT2D eigenvalue weighted by Crippen LogP contribution is 2.59. The molecule has 1 spiro atoms. The van der Waals surface area contributed by atoms with E-state index in [1.807, 2.05) is 0 Å². The third-order valence-corrected chi connectivity index (χ3v) is 3.80. The van der Waals surface area contributed by atoms with Gasteiger partial charge in [0.05, 0.1) is 12.7 Å². The Balaban J connectivity index is 1.91. The maximum atomic E-state index is 11.6. The molecule has 1 aliphatic carbocycles. The Bertz CT molecular complexity index is 543. The highest BCUT2D eigenvalue weighted by Gasteiger charge is 2.56. The van der Waals surface area contributed by atoms with Gasteiger partial charge in [-0.15, -0.1) is 0 Å². The molecule has 2 N–H and O–H groups in total. The van der Waals surface area contributed by atoms with Crippen molar-refractivity contribution in [2.45, 2.75) is 31.6 Å². The van der Waals surface area contributed by atoms with Crippen LogP contribution in [0.25, 0.3) is 0 Å². The van der Waals surface area contributed by atoms with Gasteiger partial charge in [0.15, 0.2) is 0 Å². The van der Waals surface area contributed by atoms with Crippen molar-refractivity contribution in [1.29, 1.82) is 0 Å². The number of ether oxygens (including phenoxy) is 1. The van der Waals surface area contributed by atoms with Crippen molar-refractivity contribution in [3.8, 4) is 0 Å². The SMILES string of the molecule is O=c1ccn([C@H]2CC3(CC3)[C@@H](CO)O2)c(=O)[nH]1. The van der Waals surface area contributed by atoms with Crippen LogP contribution >= 0.6 is 0 Å². The van der Waals surface area contributed by atoms with E-state index >= 15 is 0 Å². The molecule has 0 amide bonds. The van der Waals surface area contributed by atoms with Crippen LogP contribution in [-0.2, 0) is 4.74 Å². The number of aliphatic hydroxyl groups excluding tert-OH is 1. The van der Waals surface area contributed by atoms with E-state index in [1.54, 1.807) is 0 Å². The number of nitrogens with one attached hydrogen (secondary N) is 1. The van der Waals surface area contributed by atoms with Crippen LogP contribution in [0.3, 0.4) is 0 Å². The van der Waals surface area contributed by atoms with Gasteiger partial charge in [0.1, 0.15) is 6.23 Å². The standard InChI is InChI=1S/C11H14N2O4/c14-6-7-11(2-3-11)5-9(17-7)13-4-1-8(15)12-10(13)16/h1,4,7,9,14H,2-3,5-6H2,(H,12,15,16)/t7-,9-/m1/s1. The second-order valence-corrected chi connectivity index (χ2v) is 4.85. The number of nitrogens with zero attached hydrogens (tertiary/aromatic N) is 1. The van der Waals surface area contributed by atoms with Gasteiger partial charge in [-0.3, -0.25) is 14.3 Å². The van der Waals surface area contributed by atoms with E-state index < -0.39 is 11.2 Å². The van der Waals surface area contributed by atoms with Crippen molar-refractivity contribution in [3.63, 3.8) is 0 Å². The highest BCUT2D eigenvalue weighted by molar-refractivity contribution is 5.04. The number of aromatic nitrogens is 2. The molecule has 2 aliphatic rings. The Morgan fingerprint density at radius 2 is 2.29 bits per heavy atom.